The highest BCUT2D eigenvalue weighted by molar-refractivity contribution is 7.93. The third-order valence-corrected chi connectivity index (χ3v) is 5.78. The maximum absolute atomic E-state index is 12.1. The van der Waals surface area contributed by atoms with Crippen LogP contribution in [0.5, 0.6) is 0 Å². The summed E-state index contributed by atoms with van der Waals surface area (Å²) >= 11 is 0. The second-order valence-electron chi connectivity index (χ2n) is 7.70. The van der Waals surface area contributed by atoms with E-state index in [1.807, 2.05) is 39.0 Å². The van der Waals surface area contributed by atoms with E-state index in [1.165, 1.54) is 0 Å². The van der Waals surface area contributed by atoms with Gasteiger partial charge >= 0.3 is 6.09 Å². The van der Waals surface area contributed by atoms with Crippen LogP contribution in [0, 0.1) is 0 Å². The third kappa shape index (κ3) is 5.52. The number of nitrogens with zero attached hydrogens (tertiary/aromatic N) is 2. The molecule has 1 amide bonds. The highest BCUT2D eigenvalue weighted by Gasteiger charge is 2.26. The predicted octanol–water partition coefficient (Wildman–Crippen LogP) is 2.89. The number of nitrogens with one attached hydrogen (secondary N) is 1. The number of rotatable bonds is 4. The van der Waals surface area contributed by atoms with Crippen molar-refractivity contribution in [1.82, 2.24) is 4.90 Å². The SMILES string of the molecule is CC(C)S(=O)(=O)Nc1cccc(N2CCN(C(=O)OC(C)(C)C)CC2)c1. The monoisotopic (exact) mass is 383 g/mol. The summed E-state index contributed by atoms with van der Waals surface area (Å²) in [5, 5.41) is -0.497. The molecule has 1 aromatic rings. The first-order chi connectivity index (χ1) is 12.0. The average molecular weight is 384 g/mol. The fourth-order valence-electron chi connectivity index (χ4n) is 2.52. The van der Waals surface area contributed by atoms with Gasteiger partial charge in [-0.05, 0) is 52.8 Å². The van der Waals surface area contributed by atoms with Gasteiger partial charge in [-0.3, -0.25) is 4.72 Å². The minimum atomic E-state index is -3.37. The summed E-state index contributed by atoms with van der Waals surface area (Å²) in [7, 11) is -3.37. The molecule has 0 atom stereocenters. The predicted molar refractivity (Wildman–Crippen MR) is 104 cm³/mol. The van der Waals surface area contributed by atoms with E-state index in [2.05, 4.69) is 9.62 Å². The Morgan fingerprint density at radius 1 is 1.15 bits per heavy atom. The first kappa shape index (κ1) is 20.4. The highest BCUT2D eigenvalue weighted by atomic mass is 32.2. The number of piperazine rings is 1. The zero-order valence-corrected chi connectivity index (χ0v) is 17.0. The van der Waals surface area contributed by atoms with Crippen molar-refractivity contribution in [3.05, 3.63) is 24.3 Å². The second kappa shape index (κ2) is 7.73. The summed E-state index contributed by atoms with van der Waals surface area (Å²) < 4.78 is 32.1. The first-order valence-electron chi connectivity index (χ1n) is 8.82. The van der Waals surface area contributed by atoms with E-state index in [0.29, 0.717) is 31.9 Å². The van der Waals surface area contributed by atoms with Crippen LogP contribution in [0.4, 0.5) is 16.2 Å². The largest absolute Gasteiger partial charge is 0.444 e. The van der Waals surface area contributed by atoms with Crippen molar-refractivity contribution in [3.8, 4) is 0 Å². The Labute approximate surface area is 156 Å². The van der Waals surface area contributed by atoms with E-state index in [4.69, 9.17) is 4.74 Å². The van der Waals surface area contributed by atoms with E-state index in [1.54, 1.807) is 24.8 Å². The quantitative estimate of drug-likeness (QED) is 0.865. The molecule has 1 fully saturated rings. The highest BCUT2D eigenvalue weighted by Crippen LogP contribution is 2.23. The molecule has 1 N–H and O–H groups in total. The molecule has 0 saturated carbocycles. The number of carbonyl (C=O) groups is 1. The lowest BCUT2D eigenvalue weighted by molar-refractivity contribution is 0.0240. The van der Waals surface area contributed by atoms with Crippen LogP contribution >= 0.6 is 0 Å². The van der Waals surface area contributed by atoms with Gasteiger partial charge < -0.3 is 14.5 Å². The molecule has 0 unspecified atom stereocenters. The molecule has 1 heterocycles. The van der Waals surface area contributed by atoms with Crippen molar-refractivity contribution in [3.63, 3.8) is 0 Å². The van der Waals surface area contributed by atoms with Crippen LogP contribution in [0.2, 0.25) is 0 Å². The molecule has 1 aliphatic rings. The lowest BCUT2D eigenvalue weighted by atomic mass is 10.2. The summed E-state index contributed by atoms with van der Waals surface area (Å²) in [4.78, 5) is 16.0. The molecule has 8 heteroatoms. The van der Waals surface area contributed by atoms with Crippen molar-refractivity contribution in [2.24, 2.45) is 0 Å². The Bertz CT molecular complexity index is 733. The van der Waals surface area contributed by atoms with Crippen LogP contribution in [-0.2, 0) is 14.8 Å². The smallest absolute Gasteiger partial charge is 0.410 e. The summed E-state index contributed by atoms with van der Waals surface area (Å²) in [6.45, 7) is 11.3. The molecular formula is C18H29N3O4S. The molecule has 1 aromatic carbocycles. The van der Waals surface area contributed by atoms with Crippen LogP contribution in [-0.4, -0.2) is 56.4 Å². The number of carbonyl (C=O) groups excluding carboxylic acids is 1. The summed E-state index contributed by atoms with van der Waals surface area (Å²) in [5.74, 6) is 0. The van der Waals surface area contributed by atoms with Crippen LogP contribution < -0.4 is 9.62 Å². The Kier molecular flexibility index (Phi) is 6.05. The fourth-order valence-corrected chi connectivity index (χ4v) is 3.21. The third-order valence-electron chi connectivity index (χ3n) is 4.02. The fraction of sp³-hybridized carbons (Fsp3) is 0.611. The van der Waals surface area contributed by atoms with Gasteiger partial charge in [0, 0.05) is 31.9 Å². The van der Waals surface area contributed by atoms with Gasteiger partial charge in [0.15, 0.2) is 0 Å². The summed E-state index contributed by atoms with van der Waals surface area (Å²) in [6.07, 6.45) is -0.296. The summed E-state index contributed by atoms with van der Waals surface area (Å²) in [5.41, 5.74) is 0.972. The molecule has 0 aromatic heterocycles. The van der Waals surface area contributed by atoms with Crippen LogP contribution in [0.3, 0.4) is 0 Å². The van der Waals surface area contributed by atoms with Gasteiger partial charge in [-0.15, -0.1) is 0 Å². The number of benzene rings is 1. The van der Waals surface area contributed by atoms with Gasteiger partial charge in [0.25, 0.3) is 0 Å². The first-order valence-corrected chi connectivity index (χ1v) is 10.4. The van der Waals surface area contributed by atoms with Crippen molar-refractivity contribution in [2.45, 2.75) is 45.5 Å². The van der Waals surface area contributed by atoms with Gasteiger partial charge in [0.2, 0.25) is 10.0 Å². The van der Waals surface area contributed by atoms with Crippen molar-refractivity contribution in [1.29, 1.82) is 0 Å². The number of hydrogen-bond donors (Lipinski definition) is 1. The number of hydrogen-bond acceptors (Lipinski definition) is 5. The molecule has 0 aliphatic carbocycles. The average Bonchev–Trinajstić information content (AvgIpc) is 2.53. The van der Waals surface area contributed by atoms with Gasteiger partial charge in [0.1, 0.15) is 5.60 Å². The molecule has 7 nitrogen and oxygen atoms in total. The lowest BCUT2D eigenvalue weighted by Gasteiger charge is -2.36. The normalized spacial score (nSPS) is 15.9. The maximum atomic E-state index is 12.1. The minimum Gasteiger partial charge on any atom is -0.444 e. The number of anilines is 2. The molecular weight excluding hydrogens is 354 g/mol. The van der Waals surface area contributed by atoms with E-state index >= 15 is 0 Å². The zero-order chi connectivity index (χ0) is 19.5. The Morgan fingerprint density at radius 3 is 2.31 bits per heavy atom. The summed E-state index contributed by atoms with van der Waals surface area (Å²) in [6, 6.07) is 7.33. The molecule has 0 bridgehead atoms. The second-order valence-corrected chi connectivity index (χ2v) is 9.94. The van der Waals surface area contributed by atoms with E-state index in [9.17, 15) is 13.2 Å². The van der Waals surface area contributed by atoms with Crippen molar-refractivity contribution in [2.75, 3.05) is 35.8 Å². The zero-order valence-electron chi connectivity index (χ0n) is 16.2. The van der Waals surface area contributed by atoms with E-state index in [-0.39, 0.29) is 6.09 Å². The molecule has 146 valence electrons. The molecule has 1 aliphatic heterocycles. The Morgan fingerprint density at radius 2 is 1.77 bits per heavy atom. The molecule has 1 saturated heterocycles. The molecule has 0 spiro atoms. The Balaban J connectivity index is 1.99. The number of ether oxygens (including phenoxy) is 1. The van der Waals surface area contributed by atoms with Gasteiger partial charge in [-0.2, -0.15) is 0 Å². The molecule has 26 heavy (non-hydrogen) atoms. The lowest BCUT2D eigenvalue weighted by Crippen LogP contribution is -2.50. The Hall–Kier alpha value is -1.96. The van der Waals surface area contributed by atoms with Gasteiger partial charge in [-0.25, -0.2) is 13.2 Å². The minimum absolute atomic E-state index is 0.296. The topological polar surface area (TPSA) is 79.0 Å². The molecule has 0 radical (unpaired) electrons. The van der Waals surface area contributed by atoms with Crippen molar-refractivity contribution >= 4 is 27.5 Å². The molecule has 2 rings (SSSR count). The van der Waals surface area contributed by atoms with Crippen LogP contribution in [0.15, 0.2) is 24.3 Å². The number of sulfonamides is 1. The van der Waals surface area contributed by atoms with Crippen LogP contribution in [0.25, 0.3) is 0 Å². The van der Waals surface area contributed by atoms with E-state index < -0.39 is 20.9 Å². The van der Waals surface area contributed by atoms with Gasteiger partial charge in [0.05, 0.1) is 10.9 Å². The standard InChI is InChI=1S/C18H29N3O4S/c1-14(2)26(23,24)19-15-7-6-8-16(13-15)20-9-11-21(12-10-20)17(22)25-18(3,4)5/h6-8,13-14,19H,9-12H2,1-5H3. The van der Waals surface area contributed by atoms with Crippen LogP contribution in [0.1, 0.15) is 34.6 Å². The van der Waals surface area contributed by atoms with E-state index in [0.717, 1.165) is 5.69 Å². The maximum Gasteiger partial charge on any atom is 0.410 e. The number of amides is 1. The van der Waals surface area contributed by atoms with Gasteiger partial charge in [-0.1, -0.05) is 6.07 Å². The van der Waals surface area contributed by atoms with Crippen molar-refractivity contribution < 1.29 is 17.9 Å².